The second-order valence-electron chi connectivity index (χ2n) is 22.3. The predicted octanol–water partition coefficient (Wildman–Crippen LogP) is 0.723. The number of aliphatic carboxylic acids is 1. The number of hydrogen-bond donors (Lipinski definition) is 6. The molecule has 1 aromatic carbocycles. The fraction of sp³-hybridized carbons (Fsp3) is 0.679. The molecule has 7 N–H and O–H groups in total. The van der Waals surface area contributed by atoms with Crippen LogP contribution in [0.1, 0.15) is 125 Å². The van der Waals surface area contributed by atoms with Gasteiger partial charge in [-0.1, -0.05) is 92.1 Å². The molecule has 3 saturated heterocycles. The van der Waals surface area contributed by atoms with Gasteiger partial charge in [0.15, 0.2) is 6.10 Å². The van der Waals surface area contributed by atoms with Gasteiger partial charge < -0.3 is 61.3 Å². The van der Waals surface area contributed by atoms with Gasteiger partial charge >= 0.3 is 11.9 Å². The lowest BCUT2D eigenvalue weighted by molar-refractivity contribution is -0.167. The number of primary amides is 1. The van der Waals surface area contributed by atoms with Crippen molar-refractivity contribution >= 4 is 71.0 Å². The Balaban J connectivity index is 1.86. The number of likely N-dealkylation sites (N-methyl/N-ethyl adjacent to an activating group) is 3. The standard InChI is InChI=1S/C56H86N10O14/c1-12-33(7)45-54(77)66-28-18-22-39(66)50(73)60-44(31(3)4)53(76)63(10)40(24-26-43(69)70)56(79)80-47(34(8)13-2)51(74)59-36(29-35-19-15-14-16-20-35)52(75)65-27-17-21-38(65)48(71)58-30-42(68)64(11)46(32(5)6)55(78)62(9)37(49(72)61-45)23-25-41(57)67/h14-16,19-20,31-34,36-40,44-47H,12-13,17-18,21-30H2,1-11H3,(H2,57,67)(H,58,71)(H,59,74)(H,60,73)(H,61,72)(H,69,70). The van der Waals surface area contributed by atoms with Crippen LogP contribution in [0, 0.1) is 23.7 Å². The van der Waals surface area contributed by atoms with E-state index >= 15 is 0 Å². The highest BCUT2D eigenvalue weighted by atomic mass is 16.6. The normalized spacial score (nSPS) is 27.0. The molecule has 11 unspecified atom stereocenters. The molecule has 3 aliphatic heterocycles. The number of carboxylic acid groups (broad SMARTS) is 1. The summed E-state index contributed by atoms with van der Waals surface area (Å²) in [7, 11) is 3.95. The number of nitrogens with one attached hydrogen (secondary N) is 4. The average Bonchev–Trinajstić information content (AvgIpc) is 4.12. The van der Waals surface area contributed by atoms with Crippen LogP contribution < -0.4 is 27.0 Å². The van der Waals surface area contributed by atoms with Gasteiger partial charge in [-0.15, -0.1) is 0 Å². The molecule has 0 aromatic heterocycles. The van der Waals surface area contributed by atoms with Crippen molar-refractivity contribution in [3.05, 3.63) is 35.9 Å². The van der Waals surface area contributed by atoms with Crippen LogP contribution in [0.25, 0.3) is 0 Å². The maximum absolute atomic E-state index is 14.8. The highest BCUT2D eigenvalue weighted by Gasteiger charge is 2.45. The van der Waals surface area contributed by atoms with E-state index in [0.29, 0.717) is 24.8 Å². The van der Waals surface area contributed by atoms with Crippen LogP contribution in [0.15, 0.2) is 30.3 Å². The van der Waals surface area contributed by atoms with Crippen molar-refractivity contribution in [3.63, 3.8) is 0 Å². The van der Waals surface area contributed by atoms with Gasteiger partial charge in [-0.2, -0.15) is 0 Å². The fourth-order valence-corrected chi connectivity index (χ4v) is 10.5. The van der Waals surface area contributed by atoms with Gasteiger partial charge in [-0.3, -0.25) is 52.7 Å². The molecule has 1 aromatic rings. The Morgan fingerprint density at radius 3 is 1.74 bits per heavy atom. The third-order valence-corrected chi connectivity index (χ3v) is 15.9. The monoisotopic (exact) mass is 1120 g/mol. The number of nitrogens with zero attached hydrogens (tertiary/aromatic N) is 5. The van der Waals surface area contributed by atoms with E-state index in [9.17, 15) is 62.6 Å². The summed E-state index contributed by atoms with van der Waals surface area (Å²) in [5, 5.41) is 20.8. The van der Waals surface area contributed by atoms with E-state index in [1.165, 1.54) is 30.9 Å². The zero-order valence-electron chi connectivity index (χ0n) is 48.4. The lowest BCUT2D eigenvalue weighted by atomic mass is 9.95. The molecule has 0 bridgehead atoms. The Hall–Kier alpha value is -7.14. The summed E-state index contributed by atoms with van der Waals surface area (Å²) in [4.78, 5) is 175. The van der Waals surface area contributed by atoms with Crippen LogP contribution in [-0.4, -0.2) is 196 Å². The maximum atomic E-state index is 14.8. The minimum absolute atomic E-state index is 0.0587. The first-order valence-electron chi connectivity index (χ1n) is 28.0. The largest absolute Gasteiger partial charge is 0.481 e. The number of carbonyl (C=O) groups excluding carboxylic acids is 11. The number of amides is 10. The van der Waals surface area contributed by atoms with Gasteiger partial charge in [0.1, 0.15) is 48.3 Å². The first-order valence-corrected chi connectivity index (χ1v) is 28.0. The maximum Gasteiger partial charge on any atom is 0.329 e. The predicted molar refractivity (Wildman–Crippen MR) is 292 cm³/mol. The Morgan fingerprint density at radius 1 is 0.637 bits per heavy atom. The summed E-state index contributed by atoms with van der Waals surface area (Å²) in [6, 6.07) is -1.63. The third kappa shape index (κ3) is 16.7. The molecule has 24 heteroatoms. The van der Waals surface area contributed by atoms with Crippen molar-refractivity contribution in [2.75, 3.05) is 40.8 Å². The topological polar surface area (TPSA) is 325 Å². The Bertz CT molecular complexity index is 2420. The van der Waals surface area contributed by atoms with Crippen molar-refractivity contribution in [3.8, 4) is 0 Å². The number of carbonyl (C=O) groups is 12. The molecule has 80 heavy (non-hydrogen) atoms. The van der Waals surface area contributed by atoms with Crippen LogP contribution in [0.4, 0.5) is 0 Å². The summed E-state index contributed by atoms with van der Waals surface area (Å²) < 4.78 is 5.96. The van der Waals surface area contributed by atoms with Crippen molar-refractivity contribution in [1.29, 1.82) is 0 Å². The number of fused-ring (bicyclic) bond motifs is 2. The van der Waals surface area contributed by atoms with Gasteiger partial charge in [-0.05, 0) is 68.3 Å². The molecule has 0 radical (unpaired) electrons. The second kappa shape index (κ2) is 29.9. The molecular weight excluding hydrogens is 1040 g/mol. The number of benzene rings is 1. The molecule has 0 spiro atoms. The molecule has 4 rings (SSSR count). The van der Waals surface area contributed by atoms with Gasteiger partial charge in [0, 0.05) is 59.4 Å². The minimum Gasteiger partial charge on any atom is -0.481 e. The smallest absolute Gasteiger partial charge is 0.329 e. The lowest BCUT2D eigenvalue weighted by Gasteiger charge is -2.37. The van der Waals surface area contributed by atoms with Gasteiger partial charge in [-0.25, -0.2) is 4.79 Å². The van der Waals surface area contributed by atoms with Crippen molar-refractivity contribution in [1.82, 2.24) is 45.8 Å². The van der Waals surface area contributed by atoms with Crippen LogP contribution in [0.3, 0.4) is 0 Å². The Kier molecular flexibility index (Phi) is 24.4. The molecule has 0 saturated carbocycles. The molecule has 3 fully saturated rings. The van der Waals surface area contributed by atoms with Crippen LogP contribution in [-0.2, 0) is 68.7 Å². The first kappa shape index (κ1) is 65.4. The summed E-state index contributed by atoms with van der Waals surface area (Å²) >= 11 is 0. The molecular formula is C56H86N10O14. The van der Waals surface area contributed by atoms with E-state index in [0.717, 1.165) is 14.7 Å². The zero-order chi connectivity index (χ0) is 59.9. The highest BCUT2D eigenvalue weighted by molar-refractivity contribution is 5.99. The van der Waals surface area contributed by atoms with Gasteiger partial charge in [0.05, 0.1) is 6.54 Å². The number of cyclic esters (lactones) is 1. The Morgan fingerprint density at radius 2 is 1.19 bits per heavy atom. The van der Waals surface area contributed by atoms with E-state index in [-0.39, 0.29) is 51.6 Å². The number of ether oxygens (including phenoxy) is 1. The summed E-state index contributed by atoms with van der Waals surface area (Å²) in [6.07, 6.45) is -1.55. The number of rotatable bonds is 14. The van der Waals surface area contributed by atoms with Crippen molar-refractivity contribution < 1.29 is 67.4 Å². The number of carboxylic acids is 1. The van der Waals surface area contributed by atoms with E-state index in [2.05, 4.69) is 21.3 Å². The average molecular weight is 1120 g/mol. The van der Waals surface area contributed by atoms with E-state index in [1.54, 1.807) is 85.7 Å². The summed E-state index contributed by atoms with van der Waals surface area (Å²) in [6.45, 7) is 13.1. The van der Waals surface area contributed by atoms with E-state index < -0.39 is 169 Å². The molecule has 10 amide bonds. The fourth-order valence-electron chi connectivity index (χ4n) is 10.5. The minimum atomic E-state index is -1.60. The molecule has 0 aliphatic carbocycles. The van der Waals surface area contributed by atoms with E-state index in [4.69, 9.17) is 10.5 Å². The molecule has 24 nitrogen and oxygen atoms in total. The van der Waals surface area contributed by atoms with Gasteiger partial charge in [0.25, 0.3) is 5.91 Å². The number of nitrogens with two attached hydrogens (primary N) is 1. The molecule has 11 atom stereocenters. The number of hydrogen-bond acceptors (Lipinski definition) is 13. The van der Waals surface area contributed by atoms with Crippen LogP contribution in [0.5, 0.6) is 0 Å². The molecule has 444 valence electrons. The molecule has 3 heterocycles. The quantitative estimate of drug-likeness (QED) is 0.140. The van der Waals surface area contributed by atoms with Crippen LogP contribution in [0.2, 0.25) is 0 Å². The number of esters is 1. The zero-order valence-corrected chi connectivity index (χ0v) is 48.4. The summed E-state index contributed by atoms with van der Waals surface area (Å²) in [5.41, 5.74) is 6.19. The third-order valence-electron chi connectivity index (χ3n) is 15.9. The lowest BCUT2D eigenvalue weighted by Crippen LogP contribution is -2.61. The van der Waals surface area contributed by atoms with Crippen molar-refractivity contribution in [2.24, 2.45) is 29.4 Å². The van der Waals surface area contributed by atoms with Gasteiger partial charge in [0.2, 0.25) is 53.2 Å². The highest BCUT2D eigenvalue weighted by Crippen LogP contribution is 2.26. The summed E-state index contributed by atoms with van der Waals surface area (Å²) in [5.74, 6) is -12.2. The SMILES string of the molecule is CCC(C)C1NC(=O)C(CCC(N)=O)N(C)C(=O)C(C(C)C)N(C)C(=O)CNC(=O)C2CCCN2C(=O)C(Cc2ccccc2)NC(=O)C(C(C)CC)OC(=O)C(CCC(=O)O)N(C)C(=O)C(C(C)C)NC(=O)C2CCCN2C1=O. The second-order valence-corrected chi connectivity index (χ2v) is 22.3. The first-order chi connectivity index (χ1) is 37.7. The molecule has 3 aliphatic rings. The Labute approximate surface area is 469 Å². The van der Waals surface area contributed by atoms with E-state index in [1.807, 2.05) is 0 Å². The van der Waals surface area contributed by atoms with Crippen LogP contribution >= 0.6 is 0 Å². The van der Waals surface area contributed by atoms with Crippen molar-refractivity contribution in [2.45, 2.75) is 180 Å².